The van der Waals surface area contributed by atoms with Gasteiger partial charge < -0.3 is 14.8 Å². The quantitative estimate of drug-likeness (QED) is 0.665. The van der Waals surface area contributed by atoms with Crippen LogP contribution in [0.3, 0.4) is 0 Å². The van der Waals surface area contributed by atoms with Crippen LogP contribution in [0.1, 0.15) is 18.1 Å². The minimum atomic E-state index is -2.95. The monoisotopic (exact) mass is 379 g/mol. The summed E-state index contributed by atoms with van der Waals surface area (Å²) in [6, 6.07) is 10.6. The number of carbonyl (C=O) groups is 1. The number of halogens is 3. The normalized spacial score (nSPS) is 11.0. The van der Waals surface area contributed by atoms with Gasteiger partial charge in [-0.1, -0.05) is 18.2 Å². The highest BCUT2D eigenvalue weighted by molar-refractivity contribution is 5.91. The smallest absolute Gasteiger partial charge is 0.387 e. The van der Waals surface area contributed by atoms with Crippen molar-refractivity contribution in [3.63, 3.8) is 0 Å². The van der Waals surface area contributed by atoms with Gasteiger partial charge in [0.15, 0.2) is 11.5 Å². The molecule has 0 aliphatic heterocycles. The summed E-state index contributed by atoms with van der Waals surface area (Å²) in [5.74, 6) is -0.532. The van der Waals surface area contributed by atoms with Crippen LogP contribution >= 0.6 is 0 Å². The number of rotatable bonds is 9. The molecule has 0 heterocycles. The third-order valence-electron chi connectivity index (χ3n) is 3.51. The van der Waals surface area contributed by atoms with E-state index in [1.807, 2.05) is 0 Å². The summed E-state index contributed by atoms with van der Waals surface area (Å²) in [5.41, 5.74) is 1.38. The minimum Gasteiger partial charge on any atom is -0.490 e. The van der Waals surface area contributed by atoms with E-state index in [0.29, 0.717) is 18.5 Å². The molecule has 0 aliphatic rings. The zero-order valence-corrected chi connectivity index (χ0v) is 14.8. The molecule has 0 saturated heterocycles. The lowest BCUT2D eigenvalue weighted by Crippen LogP contribution is -2.23. The Morgan fingerprint density at radius 1 is 1.19 bits per heavy atom. The molecule has 1 amide bonds. The molecule has 1 N–H and O–H groups in total. The molecule has 0 unspecified atom stereocenters. The summed E-state index contributed by atoms with van der Waals surface area (Å²) in [4.78, 5) is 11.9. The van der Waals surface area contributed by atoms with Gasteiger partial charge in [-0.25, -0.2) is 4.39 Å². The van der Waals surface area contributed by atoms with Crippen LogP contribution in [0.4, 0.5) is 13.2 Å². The highest BCUT2D eigenvalue weighted by Crippen LogP contribution is 2.30. The largest absolute Gasteiger partial charge is 0.490 e. The number of hydrogen-bond acceptors (Lipinski definition) is 3. The first-order valence-electron chi connectivity index (χ1n) is 8.40. The standard InChI is InChI=1S/C20H20F3NO3/c1-2-26-18-13-15(6-8-17(18)27-20(22)23)7-9-19(25)24-11-10-14-4-3-5-16(21)12-14/h3-9,12-13,20H,2,10-11H2,1H3,(H,24,25)/b9-7+. The highest BCUT2D eigenvalue weighted by atomic mass is 19.3. The van der Waals surface area contributed by atoms with Crippen molar-refractivity contribution >= 4 is 12.0 Å². The SMILES string of the molecule is CCOc1cc(/C=C/C(=O)NCCc2cccc(F)c2)ccc1OC(F)F. The molecule has 0 atom stereocenters. The fraction of sp³-hybridized carbons (Fsp3) is 0.250. The van der Waals surface area contributed by atoms with Crippen molar-refractivity contribution in [3.8, 4) is 11.5 Å². The van der Waals surface area contributed by atoms with Crippen LogP contribution in [0.25, 0.3) is 6.08 Å². The Hall–Kier alpha value is -2.96. The molecule has 144 valence electrons. The first-order valence-corrected chi connectivity index (χ1v) is 8.40. The van der Waals surface area contributed by atoms with Crippen LogP contribution in [-0.4, -0.2) is 25.7 Å². The third kappa shape index (κ3) is 7.05. The van der Waals surface area contributed by atoms with Gasteiger partial charge in [-0.3, -0.25) is 4.79 Å². The van der Waals surface area contributed by atoms with Crippen molar-refractivity contribution in [2.24, 2.45) is 0 Å². The summed E-state index contributed by atoms with van der Waals surface area (Å²) in [6.45, 7) is -0.582. The molecule has 0 fully saturated rings. The van der Waals surface area contributed by atoms with E-state index in [1.165, 1.54) is 42.5 Å². The Labute approximate surface area is 155 Å². The van der Waals surface area contributed by atoms with Crippen molar-refractivity contribution in [1.82, 2.24) is 5.32 Å². The number of alkyl halides is 2. The van der Waals surface area contributed by atoms with E-state index in [4.69, 9.17) is 4.74 Å². The van der Waals surface area contributed by atoms with Crippen LogP contribution in [0, 0.1) is 5.82 Å². The van der Waals surface area contributed by atoms with E-state index in [0.717, 1.165) is 5.56 Å². The number of carbonyl (C=O) groups excluding carboxylic acids is 1. The first kappa shape index (κ1) is 20.4. The summed E-state index contributed by atoms with van der Waals surface area (Å²) in [7, 11) is 0. The Bertz CT molecular complexity index is 794. The molecule has 0 saturated carbocycles. The Morgan fingerprint density at radius 3 is 2.70 bits per heavy atom. The molecule has 2 aromatic carbocycles. The van der Waals surface area contributed by atoms with Gasteiger partial charge in [0.2, 0.25) is 5.91 Å². The van der Waals surface area contributed by atoms with E-state index in [9.17, 15) is 18.0 Å². The lowest BCUT2D eigenvalue weighted by Gasteiger charge is -2.11. The van der Waals surface area contributed by atoms with E-state index >= 15 is 0 Å². The zero-order chi connectivity index (χ0) is 19.6. The van der Waals surface area contributed by atoms with Crippen LogP contribution in [-0.2, 0) is 11.2 Å². The van der Waals surface area contributed by atoms with Crippen molar-refractivity contribution in [2.45, 2.75) is 20.0 Å². The van der Waals surface area contributed by atoms with Crippen molar-refractivity contribution in [2.75, 3.05) is 13.2 Å². The summed E-state index contributed by atoms with van der Waals surface area (Å²) in [5, 5.41) is 2.69. The van der Waals surface area contributed by atoms with Crippen LogP contribution in [0.15, 0.2) is 48.5 Å². The van der Waals surface area contributed by atoms with E-state index in [2.05, 4.69) is 10.1 Å². The molecule has 0 aliphatic carbocycles. The molecule has 4 nitrogen and oxygen atoms in total. The molecule has 0 aromatic heterocycles. The van der Waals surface area contributed by atoms with Gasteiger partial charge in [0.25, 0.3) is 0 Å². The van der Waals surface area contributed by atoms with E-state index in [1.54, 1.807) is 19.1 Å². The maximum atomic E-state index is 13.1. The summed E-state index contributed by atoms with van der Waals surface area (Å²) < 4.78 is 47.6. The minimum absolute atomic E-state index is 0.0662. The zero-order valence-electron chi connectivity index (χ0n) is 14.8. The molecule has 0 spiro atoms. The van der Waals surface area contributed by atoms with Crippen LogP contribution in [0.5, 0.6) is 11.5 Å². The van der Waals surface area contributed by atoms with Gasteiger partial charge in [-0.15, -0.1) is 0 Å². The van der Waals surface area contributed by atoms with Gasteiger partial charge in [0.1, 0.15) is 5.82 Å². The predicted octanol–water partition coefficient (Wildman–Crippen LogP) is 4.20. The summed E-state index contributed by atoms with van der Waals surface area (Å²) in [6.07, 6.45) is 3.36. The second-order valence-corrected chi connectivity index (χ2v) is 5.52. The average Bonchev–Trinajstić information content (AvgIpc) is 2.62. The maximum absolute atomic E-state index is 13.1. The van der Waals surface area contributed by atoms with Crippen molar-refractivity contribution < 1.29 is 27.4 Å². The molecule has 7 heteroatoms. The Morgan fingerprint density at radius 2 is 2.00 bits per heavy atom. The molecule has 27 heavy (non-hydrogen) atoms. The van der Waals surface area contributed by atoms with Crippen LogP contribution < -0.4 is 14.8 Å². The predicted molar refractivity (Wildman–Crippen MR) is 96.4 cm³/mol. The fourth-order valence-corrected chi connectivity index (χ4v) is 2.34. The summed E-state index contributed by atoms with van der Waals surface area (Å²) >= 11 is 0. The first-order chi connectivity index (χ1) is 13.0. The topological polar surface area (TPSA) is 47.6 Å². The second-order valence-electron chi connectivity index (χ2n) is 5.52. The molecule has 2 aromatic rings. The van der Waals surface area contributed by atoms with Gasteiger partial charge in [-0.2, -0.15) is 8.78 Å². The molecule has 0 radical (unpaired) electrons. The lowest BCUT2D eigenvalue weighted by molar-refractivity contribution is -0.116. The molecule has 2 rings (SSSR count). The lowest BCUT2D eigenvalue weighted by atomic mass is 10.1. The average molecular weight is 379 g/mol. The third-order valence-corrected chi connectivity index (χ3v) is 3.51. The number of benzene rings is 2. The van der Waals surface area contributed by atoms with Gasteiger partial charge >= 0.3 is 6.61 Å². The van der Waals surface area contributed by atoms with Gasteiger partial charge in [-0.05, 0) is 54.8 Å². The molecular weight excluding hydrogens is 359 g/mol. The van der Waals surface area contributed by atoms with Crippen molar-refractivity contribution in [3.05, 3.63) is 65.5 Å². The van der Waals surface area contributed by atoms with E-state index in [-0.39, 0.29) is 29.8 Å². The highest BCUT2D eigenvalue weighted by Gasteiger charge is 2.11. The number of hydrogen-bond donors (Lipinski definition) is 1. The van der Waals surface area contributed by atoms with Gasteiger partial charge in [0.05, 0.1) is 6.61 Å². The second kappa shape index (κ2) is 10.3. The molecular formula is C20H20F3NO3. The number of nitrogens with one attached hydrogen (secondary N) is 1. The number of ether oxygens (including phenoxy) is 2. The number of amides is 1. The Balaban J connectivity index is 1.91. The maximum Gasteiger partial charge on any atom is 0.387 e. The van der Waals surface area contributed by atoms with Gasteiger partial charge in [0, 0.05) is 12.6 Å². The fourth-order valence-electron chi connectivity index (χ4n) is 2.34. The molecule has 0 bridgehead atoms. The Kier molecular flexibility index (Phi) is 7.73. The van der Waals surface area contributed by atoms with Crippen molar-refractivity contribution in [1.29, 1.82) is 0 Å². The van der Waals surface area contributed by atoms with E-state index < -0.39 is 6.61 Å². The van der Waals surface area contributed by atoms with Crippen LogP contribution in [0.2, 0.25) is 0 Å².